The Kier molecular flexibility index (Phi) is 8.22. The van der Waals surface area contributed by atoms with Gasteiger partial charge in [0.2, 0.25) is 0 Å². The maximum atomic E-state index is 5.57. The van der Waals surface area contributed by atoms with E-state index in [0.717, 1.165) is 44.0 Å². The predicted octanol–water partition coefficient (Wildman–Crippen LogP) is 3.52. The van der Waals surface area contributed by atoms with Gasteiger partial charge in [-0.3, -0.25) is 0 Å². The van der Waals surface area contributed by atoms with Crippen LogP contribution in [0.4, 0.5) is 0 Å². The first-order chi connectivity index (χ1) is 8.81. The van der Waals surface area contributed by atoms with Gasteiger partial charge in [0.15, 0.2) is 0 Å². The molecular formula is C14H26N2OS. The molecule has 0 atom stereocenters. The number of nitrogens with zero attached hydrogens (tertiary/aromatic N) is 1. The molecule has 0 aromatic carbocycles. The van der Waals surface area contributed by atoms with Gasteiger partial charge in [0.1, 0.15) is 5.01 Å². The zero-order valence-electron chi connectivity index (χ0n) is 11.9. The van der Waals surface area contributed by atoms with Crippen molar-refractivity contribution in [2.24, 2.45) is 0 Å². The van der Waals surface area contributed by atoms with E-state index in [9.17, 15) is 0 Å². The number of ether oxygens (including phenoxy) is 1. The fraction of sp³-hybridized carbons (Fsp3) is 0.786. The van der Waals surface area contributed by atoms with E-state index in [4.69, 9.17) is 9.72 Å². The lowest BCUT2D eigenvalue weighted by atomic mass is 10.2. The predicted molar refractivity (Wildman–Crippen MR) is 78.1 cm³/mol. The summed E-state index contributed by atoms with van der Waals surface area (Å²) < 4.78 is 5.57. The van der Waals surface area contributed by atoms with Crippen LogP contribution in [0.15, 0.2) is 0 Å². The molecule has 18 heavy (non-hydrogen) atoms. The van der Waals surface area contributed by atoms with E-state index in [0.29, 0.717) is 6.61 Å². The molecule has 1 rings (SSSR count). The minimum atomic E-state index is 0.670. The summed E-state index contributed by atoms with van der Waals surface area (Å²) in [5, 5.41) is 4.59. The van der Waals surface area contributed by atoms with E-state index < -0.39 is 0 Å². The van der Waals surface area contributed by atoms with Gasteiger partial charge in [0.25, 0.3) is 0 Å². The van der Waals surface area contributed by atoms with Crippen LogP contribution in [-0.4, -0.2) is 18.1 Å². The van der Waals surface area contributed by atoms with Gasteiger partial charge in [-0.2, -0.15) is 0 Å². The second-order valence-electron chi connectivity index (χ2n) is 4.46. The molecule has 1 aromatic heterocycles. The molecule has 0 aliphatic rings. The summed E-state index contributed by atoms with van der Waals surface area (Å²) in [5.74, 6) is 0. The molecule has 0 unspecified atom stereocenters. The Labute approximate surface area is 115 Å². The molecule has 104 valence electrons. The Morgan fingerprint density at radius 3 is 2.67 bits per heavy atom. The van der Waals surface area contributed by atoms with E-state index in [2.05, 4.69) is 26.1 Å². The summed E-state index contributed by atoms with van der Waals surface area (Å²) in [5.41, 5.74) is 1.27. The third-order valence-corrected chi connectivity index (χ3v) is 3.67. The van der Waals surface area contributed by atoms with Crippen molar-refractivity contribution >= 4 is 11.3 Å². The second kappa shape index (κ2) is 9.48. The van der Waals surface area contributed by atoms with Gasteiger partial charge in [0.05, 0.1) is 12.3 Å². The van der Waals surface area contributed by atoms with Crippen molar-refractivity contribution in [3.63, 3.8) is 0 Å². The largest absolute Gasteiger partial charge is 0.374 e. The van der Waals surface area contributed by atoms with Crippen LogP contribution in [0.2, 0.25) is 0 Å². The lowest BCUT2D eigenvalue weighted by Gasteiger charge is -2.02. The van der Waals surface area contributed by atoms with E-state index in [1.54, 1.807) is 11.3 Å². The molecule has 0 spiro atoms. The monoisotopic (exact) mass is 270 g/mol. The summed E-state index contributed by atoms with van der Waals surface area (Å²) in [6, 6.07) is 0. The average molecular weight is 270 g/mol. The van der Waals surface area contributed by atoms with Crippen molar-refractivity contribution in [3.05, 3.63) is 15.6 Å². The highest BCUT2D eigenvalue weighted by Crippen LogP contribution is 2.20. The maximum Gasteiger partial charge on any atom is 0.119 e. The highest BCUT2D eigenvalue weighted by atomic mass is 32.1. The SMILES string of the molecule is CCCNCc1sc(COCCC)nc1CCC. The molecule has 3 nitrogen and oxygen atoms in total. The summed E-state index contributed by atoms with van der Waals surface area (Å²) in [4.78, 5) is 6.09. The molecule has 0 saturated heterocycles. The highest BCUT2D eigenvalue weighted by Gasteiger charge is 2.10. The van der Waals surface area contributed by atoms with Gasteiger partial charge in [0, 0.05) is 18.0 Å². The number of aryl methyl sites for hydroxylation is 1. The van der Waals surface area contributed by atoms with Crippen molar-refractivity contribution in [3.8, 4) is 0 Å². The minimum Gasteiger partial charge on any atom is -0.374 e. The Morgan fingerprint density at radius 1 is 1.17 bits per heavy atom. The van der Waals surface area contributed by atoms with Crippen molar-refractivity contribution in [2.45, 2.75) is 59.6 Å². The molecule has 0 bridgehead atoms. The minimum absolute atomic E-state index is 0.670. The van der Waals surface area contributed by atoms with Gasteiger partial charge >= 0.3 is 0 Å². The van der Waals surface area contributed by atoms with Crippen LogP contribution in [-0.2, 0) is 24.3 Å². The van der Waals surface area contributed by atoms with Crippen LogP contribution >= 0.6 is 11.3 Å². The second-order valence-corrected chi connectivity index (χ2v) is 5.63. The van der Waals surface area contributed by atoms with Crippen molar-refractivity contribution in [2.75, 3.05) is 13.2 Å². The van der Waals surface area contributed by atoms with Gasteiger partial charge in [-0.25, -0.2) is 4.98 Å². The topological polar surface area (TPSA) is 34.1 Å². The first kappa shape index (κ1) is 15.6. The smallest absolute Gasteiger partial charge is 0.119 e. The Hall–Kier alpha value is -0.450. The molecule has 4 heteroatoms. The summed E-state index contributed by atoms with van der Waals surface area (Å²) in [6.07, 6.45) is 4.47. The van der Waals surface area contributed by atoms with Gasteiger partial charge in [-0.15, -0.1) is 11.3 Å². The first-order valence-electron chi connectivity index (χ1n) is 7.07. The fourth-order valence-electron chi connectivity index (χ4n) is 1.75. The zero-order valence-corrected chi connectivity index (χ0v) is 12.7. The molecule has 0 saturated carbocycles. The van der Waals surface area contributed by atoms with Crippen molar-refractivity contribution < 1.29 is 4.74 Å². The van der Waals surface area contributed by atoms with Gasteiger partial charge < -0.3 is 10.1 Å². The third-order valence-electron chi connectivity index (χ3n) is 2.60. The van der Waals surface area contributed by atoms with Gasteiger partial charge in [-0.05, 0) is 25.8 Å². The molecule has 0 radical (unpaired) electrons. The van der Waals surface area contributed by atoms with E-state index >= 15 is 0 Å². The quantitative estimate of drug-likeness (QED) is 0.661. The molecule has 1 heterocycles. The maximum absolute atomic E-state index is 5.57. The van der Waals surface area contributed by atoms with Crippen LogP contribution in [0.3, 0.4) is 0 Å². The summed E-state index contributed by atoms with van der Waals surface area (Å²) >= 11 is 1.80. The van der Waals surface area contributed by atoms with E-state index in [-0.39, 0.29) is 0 Å². The van der Waals surface area contributed by atoms with Gasteiger partial charge in [-0.1, -0.05) is 27.2 Å². The first-order valence-corrected chi connectivity index (χ1v) is 7.89. The number of rotatable bonds is 10. The molecular weight excluding hydrogens is 244 g/mol. The van der Waals surface area contributed by atoms with Crippen LogP contribution < -0.4 is 5.32 Å². The van der Waals surface area contributed by atoms with Crippen LogP contribution in [0.25, 0.3) is 0 Å². The Bertz CT molecular complexity index is 326. The van der Waals surface area contributed by atoms with Crippen LogP contribution in [0.5, 0.6) is 0 Å². The number of aromatic nitrogens is 1. The highest BCUT2D eigenvalue weighted by molar-refractivity contribution is 7.11. The number of thiazole rings is 1. The van der Waals surface area contributed by atoms with E-state index in [1.165, 1.54) is 17.0 Å². The zero-order chi connectivity index (χ0) is 13.2. The van der Waals surface area contributed by atoms with Crippen molar-refractivity contribution in [1.82, 2.24) is 10.3 Å². The normalized spacial score (nSPS) is 11.1. The van der Waals surface area contributed by atoms with Crippen molar-refractivity contribution in [1.29, 1.82) is 0 Å². The Morgan fingerprint density at radius 2 is 2.00 bits per heavy atom. The summed E-state index contributed by atoms with van der Waals surface area (Å²) in [6.45, 7) is 10.0. The molecule has 0 fully saturated rings. The molecule has 0 aliphatic carbocycles. The third kappa shape index (κ3) is 5.46. The Balaban J connectivity index is 2.55. The number of hydrogen-bond acceptors (Lipinski definition) is 4. The average Bonchev–Trinajstić information content (AvgIpc) is 2.73. The number of hydrogen-bond donors (Lipinski definition) is 1. The lowest BCUT2D eigenvalue weighted by molar-refractivity contribution is 0.121. The van der Waals surface area contributed by atoms with E-state index in [1.807, 2.05) is 0 Å². The fourth-order valence-corrected chi connectivity index (χ4v) is 2.77. The molecule has 0 aliphatic heterocycles. The number of nitrogens with one attached hydrogen (secondary N) is 1. The molecule has 0 amide bonds. The molecule has 1 N–H and O–H groups in total. The lowest BCUT2D eigenvalue weighted by Crippen LogP contribution is -2.13. The van der Waals surface area contributed by atoms with Crippen LogP contribution in [0, 0.1) is 0 Å². The van der Waals surface area contributed by atoms with Crippen LogP contribution in [0.1, 0.15) is 55.6 Å². The summed E-state index contributed by atoms with van der Waals surface area (Å²) in [7, 11) is 0. The standard InChI is InChI=1S/C14H26N2OS/c1-4-7-12-13(10-15-8-5-2)18-14(16-12)11-17-9-6-3/h15H,4-11H2,1-3H3. The molecule has 1 aromatic rings.